The van der Waals surface area contributed by atoms with Crippen LogP contribution in [-0.2, 0) is 11.2 Å². The van der Waals surface area contributed by atoms with Crippen molar-refractivity contribution in [3.63, 3.8) is 0 Å². The van der Waals surface area contributed by atoms with Crippen LogP contribution < -0.4 is 4.74 Å². The van der Waals surface area contributed by atoms with Crippen molar-refractivity contribution in [3.05, 3.63) is 66.4 Å². The number of fused-ring (bicyclic) bond motifs is 2. The zero-order chi connectivity index (χ0) is 13.9. The fourth-order valence-electron chi connectivity index (χ4n) is 2.15. The Hall–Kier alpha value is -2.20. The van der Waals surface area contributed by atoms with Crippen LogP contribution in [0.5, 0.6) is 5.75 Å². The number of hydrogen-bond donors (Lipinski definition) is 0. The minimum atomic E-state index is -0.766. The maximum Gasteiger partial charge on any atom is 0.518 e. The van der Waals surface area contributed by atoms with Gasteiger partial charge in [-0.3, -0.25) is 0 Å². The lowest BCUT2D eigenvalue weighted by molar-refractivity contribution is 0.135. The average Bonchev–Trinajstić information content (AvgIpc) is 2.46. The summed E-state index contributed by atoms with van der Waals surface area (Å²) in [5, 5.41) is 0. The summed E-state index contributed by atoms with van der Waals surface area (Å²) < 4.78 is 9.82. The zero-order valence-corrected chi connectivity index (χ0v) is 11.5. The maximum atomic E-state index is 11.4. The molecule has 1 aliphatic heterocycles. The van der Waals surface area contributed by atoms with Crippen LogP contribution in [0.3, 0.4) is 0 Å². The number of ether oxygens (including phenoxy) is 2. The topological polar surface area (TPSA) is 35.5 Å². The van der Waals surface area contributed by atoms with Crippen molar-refractivity contribution < 1.29 is 14.3 Å². The fourth-order valence-corrected chi connectivity index (χ4v) is 3.25. The van der Waals surface area contributed by atoms with Gasteiger partial charge in [0.2, 0.25) is 0 Å². The summed E-state index contributed by atoms with van der Waals surface area (Å²) in [5.41, 5.74) is 2.25. The summed E-state index contributed by atoms with van der Waals surface area (Å²) in [7, 11) is 0. The number of carbonyl (C=O) groups is 1. The monoisotopic (exact) mass is 284 g/mol. The normalized spacial score (nSPS) is 12.0. The summed E-state index contributed by atoms with van der Waals surface area (Å²) in [4.78, 5) is 13.8. The summed E-state index contributed by atoms with van der Waals surface area (Å²) in [5.74, 6) is 0.538. The first kappa shape index (κ1) is 12.8. The molecule has 0 fully saturated rings. The van der Waals surface area contributed by atoms with E-state index in [4.69, 9.17) is 4.74 Å². The van der Waals surface area contributed by atoms with Gasteiger partial charge >= 0.3 is 6.16 Å². The van der Waals surface area contributed by atoms with Crippen molar-refractivity contribution in [1.82, 2.24) is 0 Å². The van der Waals surface area contributed by atoms with Crippen molar-refractivity contribution in [3.8, 4) is 5.75 Å². The van der Waals surface area contributed by atoms with Gasteiger partial charge in [0.05, 0.1) is 6.26 Å². The third kappa shape index (κ3) is 2.42. The quantitative estimate of drug-likeness (QED) is 0.397. The van der Waals surface area contributed by atoms with Crippen LogP contribution in [0.2, 0.25) is 0 Å². The summed E-state index contributed by atoms with van der Waals surface area (Å²) >= 11 is 1.68. The molecule has 0 saturated carbocycles. The van der Waals surface area contributed by atoms with E-state index in [1.807, 2.05) is 24.3 Å². The predicted molar refractivity (Wildman–Crippen MR) is 77.1 cm³/mol. The molecule has 0 aromatic heterocycles. The highest BCUT2D eigenvalue weighted by molar-refractivity contribution is 7.99. The van der Waals surface area contributed by atoms with Crippen molar-refractivity contribution in [2.75, 3.05) is 0 Å². The summed E-state index contributed by atoms with van der Waals surface area (Å²) in [6, 6.07) is 13.9. The Morgan fingerprint density at radius 1 is 1.15 bits per heavy atom. The van der Waals surface area contributed by atoms with E-state index in [0.717, 1.165) is 23.1 Å². The Morgan fingerprint density at radius 3 is 2.80 bits per heavy atom. The molecule has 2 aromatic carbocycles. The Balaban J connectivity index is 1.93. The SMILES string of the molecule is C=COC(=O)Oc1cccc2c1Cc1ccccc1S2. The lowest BCUT2D eigenvalue weighted by Crippen LogP contribution is -2.10. The Labute approximate surface area is 121 Å². The Morgan fingerprint density at radius 2 is 1.95 bits per heavy atom. The van der Waals surface area contributed by atoms with Crippen molar-refractivity contribution in [2.45, 2.75) is 16.2 Å². The van der Waals surface area contributed by atoms with E-state index >= 15 is 0 Å². The van der Waals surface area contributed by atoms with E-state index in [-0.39, 0.29) is 0 Å². The van der Waals surface area contributed by atoms with Crippen LogP contribution in [-0.4, -0.2) is 6.16 Å². The van der Waals surface area contributed by atoms with Gasteiger partial charge in [-0.25, -0.2) is 4.79 Å². The van der Waals surface area contributed by atoms with E-state index < -0.39 is 6.16 Å². The van der Waals surface area contributed by atoms with E-state index in [0.29, 0.717) is 5.75 Å². The highest BCUT2D eigenvalue weighted by Gasteiger charge is 2.20. The van der Waals surface area contributed by atoms with Crippen molar-refractivity contribution in [1.29, 1.82) is 0 Å². The highest BCUT2D eigenvalue weighted by atomic mass is 32.2. The standard InChI is InChI=1S/C16H12O3S/c1-2-18-16(17)19-13-7-5-9-15-12(13)10-11-6-3-4-8-14(11)20-15/h2-9H,1,10H2. The molecule has 20 heavy (non-hydrogen) atoms. The van der Waals surface area contributed by atoms with Gasteiger partial charge in [-0.1, -0.05) is 42.6 Å². The third-order valence-corrected chi connectivity index (χ3v) is 4.24. The summed E-state index contributed by atoms with van der Waals surface area (Å²) in [6.07, 6.45) is 1.04. The van der Waals surface area contributed by atoms with Gasteiger partial charge in [-0.2, -0.15) is 0 Å². The van der Waals surface area contributed by atoms with Gasteiger partial charge < -0.3 is 9.47 Å². The van der Waals surface area contributed by atoms with E-state index in [1.165, 1.54) is 10.5 Å². The molecule has 0 spiro atoms. The predicted octanol–water partition coefficient (Wildman–Crippen LogP) is 4.40. The first-order valence-corrected chi connectivity index (χ1v) is 6.96. The molecule has 3 rings (SSSR count). The third-order valence-electron chi connectivity index (χ3n) is 3.02. The van der Waals surface area contributed by atoms with Gasteiger partial charge in [0.25, 0.3) is 0 Å². The molecule has 2 aromatic rings. The molecule has 100 valence electrons. The summed E-state index contributed by atoms with van der Waals surface area (Å²) in [6.45, 7) is 3.33. The van der Waals surface area contributed by atoms with Gasteiger partial charge in [-0.15, -0.1) is 0 Å². The molecule has 0 radical (unpaired) electrons. The highest BCUT2D eigenvalue weighted by Crippen LogP contribution is 2.42. The minimum Gasteiger partial charge on any atom is -0.403 e. The zero-order valence-electron chi connectivity index (χ0n) is 10.7. The minimum absolute atomic E-state index is 0.538. The Bertz CT molecular complexity index is 679. The number of rotatable bonds is 2. The molecule has 0 amide bonds. The molecule has 1 heterocycles. The second-order valence-corrected chi connectivity index (χ2v) is 5.34. The van der Waals surface area contributed by atoms with Gasteiger partial charge in [0, 0.05) is 21.8 Å². The first-order chi connectivity index (χ1) is 9.78. The Kier molecular flexibility index (Phi) is 3.48. The molecule has 0 saturated heterocycles. The van der Waals surface area contributed by atoms with Crippen molar-refractivity contribution in [2.24, 2.45) is 0 Å². The molecule has 4 heteroatoms. The van der Waals surface area contributed by atoms with Gasteiger partial charge in [0.15, 0.2) is 0 Å². The maximum absolute atomic E-state index is 11.4. The fraction of sp³-hybridized carbons (Fsp3) is 0.0625. The molecular formula is C16H12O3S. The number of hydrogen-bond acceptors (Lipinski definition) is 4. The van der Waals surface area contributed by atoms with Crippen LogP contribution in [0.15, 0.2) is 65.1 Å². The van der Waals surface area contributed by atoms with Gasteiger partial charge in [0.1, 0.15) is 5.75 Å². The van der Waals surface area contributed by atoms with E-state index in [9.17, 15) is 4.79 Å². The van der Waals surface area contributed by atoms with Crippen LogP contribution in [0.1, 0.15) is 11.1 Å². The molecule has 3 nitrogen and oxygen atoms in total. The molecule has 0 N–H and O–H groups in total. The van der Waals surface area contributed by atoms with Crippen LogP contribution in [0.25, 0.3) is 0 Å². The lowest BCUT2D eigenvalue weighted by Gasteiger charge is -2.20. The second-order valence-electron chi connectivity index (χ2n) is 4.26. The molecule has 0 atom stereocenters. The molecule has 0 bridgehead atoms. The van der Waals surface area contributed by atoms with Gasteiger partial charge in [-0.05, 0) is 23.8 Å². The first-order valence-electron chi connectivity index (χ1n) is 6.15. The number of carbonyl (C=O) groups excluding carboxylic acids is 1. The van der Waals surface area contributed by atoms with E-state index in [1.54, 1.807) is 17.8 Å². The average molecular weight is 284 g/mol. The van der Waals surface area contributed by atoms with E-state index in [2.05, 4.69) is 23.4 Å². The van der Waals surface area contributed by atoms with Crippen LogP contribution in [0, 0.1) is 0 Å². The molecule has 1 aliphatic rings. The largest absolute Gasteiger partial charge is 0.518 e. The molecular weight excluding hydrogens is 272 g/mol. The second kappa shape index (κ2) is 5.43. The van der Waals surface area contributed by atoms with Crippen LogP contribution in [0.4, 0.5) is 4.79 Å². The molecule has 0 unspecified atom stereocenters. The molecule has 0 aliphatic carbocycles. The lowest BCUT2D eigenvalue weighted by atomic mass is 10.0. The van der Waals surface area contributed by atoms with Crippen molar-refractivity contribution >= 4 is 17.9 Å². The van der Waals surface area contributed by atoms with Crippen LogP contribution >= 0.6 is 11.8 Å². The smallest absolute Gasteiger partial charge is 0.403 e. The number of benzene rings is 2.